The Morgan fingerprint density at radius 1 is 1.08 bits per heavy atom. The number of rotatable bonds is 6. The molecule has 5 heteroatoms. The minimum Gasteiger partial charge on any atom is -0.497 e. The molecule has 3 rings (SSSR count). The first kappa shape index (κ1) is 16.8. The lowest BCUT2D eigenvalue weighted by atomic mass is 10.1. The molecular weight excluding hydrogens is 318 g/mol. The second-order valence-electron chi connectivity index (χ2n) is 5.39. The number of ether oxygens (including phenoxy) is 3. The Bertz CT molecular complexity index is 878. The van der Waals surface area contributed by atoms with E-state index in [0.29, 0.717) is 23.6 Å². The van der Waals surface area contributed by atoms with Crippen molar-refractivity contribution in [2.24, 2.45) is 0 Å². The van der Waals surface area contributed by atoms with E-state index in [0.717, 1.165) is 10.9 Å². The van der Waals surface area contributed by atoms with Crippen molar-refractivity contribution in [1.82, 2.24) is 4.98 Å². The highest BCUT2D eigenvalue weighted by molar-refractivity contribution is 5.94. The van der Waals surface area contributed by atoms with E-state index in [1.165, 1.54) is 0 Å². The summed E-state index contributed by atoms with van der Waals surface area (Å²) in [6.45, 7) is 2.37. The number of carbonyl (C=O) groups is 1. The first-order valence-corrected chi connectivity index (χ1v) is 8.04. The van der Waals surface area contributed by atoms with E-state index in [4.69, 9.17) is 14.2 Å². The Kier molecular flexibility index (Phi) is 5.14. The van der Waals surface area contributed by atoms with Crippen molar-refractivity contribution in [2.45, 2.75) is 13.5 Å². The van der Waals surface area contributed by atoms with Crippen molar-refractivity contribution in [3.05, 3.63) is 65.9 Å². The highest BCUT2D eigenvalue weighted by Crippen LogP contribution is 2.27. The molecule has 0 fully saturated rings. The number of carbonyl (C=O) groups excluding carboxylic acids is 1. The number of fused-ring (bicyclic) bond motifs is 1. The number of nitrogens with zero attached hydrogens (tertiary/aromatic N) is 1. The number of methoxy groups -OCH3 is 1. The summed E-state index contributed by atoms with van der Waals surface area (Å²) in [5.41, 5.74) is 1.86. The van der Waals surface area contributed by atoms with Gasteiger partial charge in [-0.05, 0) is 36.8 Å². The lowest BCUT2D eigenvalue weighted by Gasteiger charge is -2.12. The van der Waals surface area contributed by atoms with Gasteiger partial charge >= 0.3 is 5.97 Å². The summed E-state index contributed by atoms with van der Waals surface area (Å²) in [6, 6.07) is 17.0. The van der Waals surface area contributed by atoms with E-state index < -0.39 is 5.97 Å². The minimum atomic E-state index is -0.497. The van der Waals surface area contributed by atoms with E-state index >= 15 is 0 Å². The molecule has 3 aromatic rings. The standard InChI is InChI=1S/C20H19NO4/c1-3-24-20(22)19-18(25-13-14-7-5-4-6-8-14)12-15-11-16(23-2)9-10-17(15)21-19/h4-12H,3,13H2,1-2H3. The van der Waals surface area contributed by atoms with Gasteiger partial charge in [-0.1, -0.05) is 30.3 Å². The summed E-state index contributed by atoms with van der Waals surface area (Å²) in [7, 11) is 1.61. The SMILES string of the molecule is CCOC(=O)c1nc2ccc(OC)cc2cc1OCc1ccccc1. The molecule has 0 aliphatic carbocycles. The third kappa shape index (κ3) is 3.88. The molecule has 0 aliphatic heterocycles. The Morgan fingerprint density at radius 2 is 1.88 bits per heavy atom. The lowest BCUT2D eigenvalue weighted by molar-refractivity contribution is 0.0514. The maximum atomic E-state index is 12.3. The number of hydrogen-bond donors (Lipinski definition) is 0. The van der Waals surface area contributed by atoms with Crippen LogP contribution in [0.3, 0.4) is 0 Å². The summed E-state index contributed by atoms with van der Waals surface area (Å²) in [6.07, 6.45) is 0. The maximum absolute atomic E-state index is 12.3. The fourth-order valence-electron chi connectivity index (χ4n) is 2.45. The number of aromatic nitrogens is 1. The molecule has 128 valence electrons. The average Bonchev–Trinajstić information content (AvgIpc) is 2.66. The monoisotopic (exact) mass is 337 g/mol. The van der Waals surface area contributed by atoms with Crippen LogP contribution in [0.4, 0.5) is 0 Å². The van der Waals surface area contributed by atoms with Gasteiger partial charge in [0, 0.05) is 5.39 Å². The predicted molar refractivity (Wildman–Crippen MR) is 95.0 cm³/mol. The Balaban J connectivity index is 1.99. The molecule has 0 N–H and O–H groups in total. The van der Waals surface area contributed by atoms with Gasteiger partial charge in [0.25, 0.3) is 0 Å². The highest BCUT2D eigenvalue weighted by atomic mass is 16.5. The molecule has 5 nitrogen and oxygen atoms in total. The summed E-state index contributed by atoms with van der Waals surface area (Å²) in [5, 5.41) is 0.829. The molecular formula is C20H19NO4. The van der Waals surface area contributed by atoms with Gasteiger partial charge in [0.2, 0.25) is 0 Å². The average molecular weight is 337 g/mol. The molecule has 1 heterocycles. The molecule has 0 spiro atoms. The van der Waals surface area contributed by atoms with Crippen molar-refractivity contribution in [3.8, 4) is 11.5 Å². The van der Waals surface area contributed by atoms with Gasteiger partial charge in [-0.25, -0.2) is 9.78 Å². The van der Waals surface area contributed by atoms with Crippen LogP contribution in [0, 0.1) is 0 Å². The van der Waals surface area contributed by atoms with E-state index in [1.54, 1.807) is 32.2 Å². The molecule has 0 bridgehead atoms. The summed E-state index contributed by atoms with van der Waals surface area (Å²) in [5.74, 6) is 0.610. The topological polar surface area (TPSA) is 57.7 Å². The second kappa shape index (κ2) is 7.66. The predicted octanol–water partition coefficient (Wildman–Crippen LogP) is 4.00. The van der Waals surface area contributed by atoms with Gasteiger partial charge in [-0.2, -0.15) is 0 Å². The zero-order chi connectivity index (χ0) is 17.6. The van der Waals surface area contributed by atoms with E-state index in [9.17, 15) is 4.79 Å². The summed E-state index contributed by atoms with van der Waals surface area (Å²) < 4.78 is 16.2. The zero-order valence-corrected chi connectivity index (χ0v) is 14.2. The van der Waals surface area contributed by atoms with Crippen LogP contribution in [0.1, 0.15) is 23.0 Å². The fraction of sp³-hybridized carbons (Fsp3) is 0.200. The summed E-state index contributed by atoms with van der Waals surface area (Å²) >= 11 is 0. The molecule has 0 radical (unpaired) electrons. The van der Waals surface area contributed by atoms with Gasteiger partial charge in [-0.3, -0.25) is 0 Å². The zero-order valence-electron chi connectivity index (χ0n) is 14.2. The molecule has 0 saturated carbocycles. The molecule has 0 amide bonds. The quantitative estimate of drug-likeness (QED) is 0.636. The Hall–Kier alpha value is -3.08. The molecule has 0 saturated heterocycles. The third-order valence-corrected chi connectivity index (χ3v) is 3.69. The van der Waals surface area contributed by atoms with E-state index in [-0.39, 0.29) is 12.3 Å². The molecule has 0 unspecified atom stereocenters. The third-order valence-electron chi connectivity index (χ3n) is 3.69. The van der Waals surface area contributed by atoms with Crippen molar-refractivity contribution in [1.29, 1.82) is 0 Å². The van der Waals surface area contributed by atoms with E-state index in [2.05, 4.69) is 4.98 Å². The number of esters is 1. The fourth-order valence-corrected chi connectivity index (χ4v) is 2.45. The lowest BCUT2D eigenvalue weighted by Crippen LogP contribution is -2.10. The number of hydrogen-bond acceptors (Lipinski definition) is 5. The van der Waals surface area contributed by atoms with Crippen LogP contribution in [-0.4, -0.2) is 24.7 Å². The number of pyridine rings is 1. The first-order valence-electron chi connectivity index (χ1n) is 8.04. The first-order chi connectivity index (χ1) is 12.2. The van der Waals surface area contributed by atoms with Crippen LogP contribution in [0.5, 0.6) is 11.5 Å². The Morgan fingerprint density at radius 3 is 2.60 bits per heavy atom. The van der Waals surface area contributed by atoms with Crippen LogP contribution in [0.2, 0.25) is 0 Å². The highest BCUT2D eigenvalue weighted by Gasteiger charge is 2.18. The minimum absolute atomic E-state index is 0.176. The van der Waals surface area contributed by atoms with Crippen molar-refractivity contribution >= 4 is 16.9 Å². The largest absolute Gasteiger partial charge is 0.497 e. The van der Waals surface area contributed by atoms with Crippen molar-refractivity contribution < 1.29 is 19.0 Å². The van der Waals surface area contributed by atoms with Crippen LogP contribution < -0.4 is 9.47 Å². The van der Waals surface area contributed by atoms with Crippen molar-refractivity contribution in [3.63, 3.8) is 0 Å². The molecule has 0 atom stereocenters. The smallest absolute Gasteiger partial charge is 0.360 e. The maximum Gasteiger partial charge on any atom is 0.360 e. The van der Waals surface area contributed by atoms with Crippen LogP contribution >= 0.6 is 0 Å². The van der Waals surface area contributed by atoms with Gasteiger partial charge in [0.1, 0.15) is 12.4 Å². The molecule has 2 aromatic carbocycles. The van der Waals surface area contributed by atoms with E-state index in [1.807, 2.05) is 36.4 Å². The van der Waals surface area contributed by atoms with Gasteiger partial charge in [0.05, 0.1) is 19.2 Å². The number of benzene rings is 2. The second-order valence-corrected chi connectivity index (χ2v) is 5.39. The van der Waals surface area contributed by atoms with Gasteiger partial charge < -0.3 is 14.2 Å². The van der Waals surface area contributed by atoms with Crippen LogP contribution in [-0.2, 0) is 11.3 Å². The van der Waals surface area contributed by atoms with Gasteiger partial charge in [0.15, 0.2) is 11.4 Å². The van der Waals surface area contributed by atoms with Crippen molar-refractivity contribution in [2.75, 3.05) is 13.7 Å². The van der Waals surface area contributed by atoms with Crippen LogP contribution in [0.25, 0.3) is 10.9 Å². The molecule has 1 aromatic heterocycles. The normalized spacial score (nSPS) is 10.5. The summed E-state index contributed by atoms with van der Waals surface area (Å²) in [4.78, 5) is 16.7. The Labute approximate surface area is 146 Å². The van der Waals surface area contributed by atoms with Gasteiger partial charge in [-0.15, -0.1) is 0 Å². The van der Waals surface area contributed by atoms with Crippen LogP contribution in [0.15, 0.2) is 54.6 Å². The molecule has 25 heavy (non-hydrogen) atoms. The molecule has 0 aliphatic rings.